The van der Waals surface area contributed by atoms with Crippen LogP contribution in [0.4, 0.5) is 4.39 Å². The normalized spacial score (nSPS) is 9.19. The van der Waals surface area contributed by atoms with Gasteiger partial charge in [0.2, 0.25) is 0 Å². The number of halogens is 1. The fourth-order valence-corrected chi connectivity index (χ4v) is 1.04. The monoisotopic (exact) mass is 225 g/mol. The van der Waals surface area contributed by atoms with Crippen LogP contribution in [-0.2, 0) is 11.2 Å². The van der Waals surface area contributed by atoms with Crippen molar-refractivity contribution < 1.29 is 9.18 Å². The summed E-state index contributed by atoms with van der Waals surface area (Å²) in [5, 5.41) is 0. The Labute approximate surface area is 96.7 Å². The Balaban J connectivity index is 0.000000487. The van der Waals surface area contributed by atoms with Gasteiger partial charge in [0.25, 0.3) is 0 Å². The van der Waals surface area contributed by atoms with E-state index in [0.29, 0.717) is 6.42 Å². The Morgan fingerprint density at radius 1 is 1.31 bits per heavy atom. The minimum atomic E-state index is -0.214. The van der Waals surface area contributed by atoms with Gasteiger partial charge in [-0.05, 0) is 43.5 Å². The number of hydrogen-bond donors (Lipinski definition) is 1. The second kappa shape index (κ2) is 10.3. The molecule has 0 aliphatic carbocycles. The molecule has 1 aromatic carbocycles. The highest BCUT2D eigenvalue weighted by molar-refractivity contribution is 5.49. The molecule has 3 heteroatoms. The molecule has 0 heterocycles. The van der Waals surface area contributed by atoms with Crippen molar-refractivity contribution in [1.82, 2.24) is 0 Å². The SMILES string of the molecule is CCCN.O=CCCCc1ccc(F)cc1. The number of carbonyl (C=O) groups excluding carboxylic acids is 1. The predicted molar refractivity (Wildman–Crippen MR) is 64.7 cm³/mol. The van der Waals surface area contributed by atoms with Crippen LogP contribution in [0.2, 0.25) is 0 Å². The molecule has 0 fully saturated rings. The maximum absolute atomic E-state index is 12.4. The highest BCUT2D eigenvalue weighted by atomic mass is 19.1. The predicted octanol–water partition coefficient (Wildman–Crippen LogP) is 2.70. The number of carbonyl (C=O) groups is 1. The first kappa shape index (κ1) is 14.8. The topological polar surface area (TPSA) is 43.1 Å². The van der Waals surface area contributed by atoms with Crippen LogP contribution in [0, 0.1) is 5.82 Å². The van der Waals surface area contributed by atoms with Gasteiger partial charge in [-0.2, -0.15) is 0 Å². The molecule has 0 saturated heterocycles. The number of aldehydes is 1. The molecule has 0 spiro atoms. The fraction of sp³-hybridized carbons (Fsp3) is 0.462. The first-order valence-electron chi connectivity index (χ1n) is 5.62. The summed E-state index contributed by atoms with van der Waals surface area (Å²) in [7, 11) is 0. The number of unbranched alkanes of at least 4 members (excludes halogenated alkanes) is 1. The van der Waals surface area contributed by atoms with Gasteiger partial charge in [0, 0.05) is 6.42 Å². The lowest BCUT2D eigenvalue weighted by Gasteiger charge is -1.97. The second-order valence-corrected chi connectivity index (χ2v) is 3.47. The molecular weight excluding hydrogens is 205 g/mol. The summed E-state index contributed by atoms with van der Waals surface area (Å²) in [6.45, 7) is 2.88. The van der Waals surface area contributed by atoms with Gasteiger partial charge in [-0.1, -0.05) is 19.1 Å². The highest BCUT2D eigenvalue weighted by Crippen LogP contribution is 2.05. The van der Waals surface area contributed by atoms with Gasteiger partial charge >= 0.3 is 0 Å². The maximum atomic E-state index is 12.4. The van der Waals surface area contributed by atoms with Gasteiger partial charge in [0.1, 0.15) is 12.1 Å². The molecule has 0 aliphatic heterocycles. The number of hydrogen-bond acceptors (Lipinski definition) is 2. The standard InChI is InChI=1S/C10H11FO.C3H9N/c11-10-6-4-9(5-7-10)3-1-2-8-12;1-2-3-4/h4-8H,1-3H2;2-4H2,1H3. The van der Waals surface area contributed by atoms with Crippen molar-refractivity contribution in [2.75, 3.05) is 6.54 Å². The van der Waals surface area contributed by atoms with Crippen LogP contribution in [0.25, 0.3) is 0 Å². The number of aryl methyl sites for hydroxylation is 1. The van der Waals surface area contributed by atoms with E-state index in [1.54, 1.807) is 12.1 Å². The molecule has 0 aromatic heterocycles. The lowest BCUT2D eigenvalue weighted by Crippen LogP contribution is -1.93. The Bertz CT molecular complexity index is 270. The van der Waals surface area contributed by atoms with Crippen LogP contribution in [0.5, 0.6) is 0 Å². The Morgan fingerprint density at radius 2 is 1.88 bits per heavy atom. The second-order valence-electron chi connectivity index (χ2n) is 3.47. The molecule has 0 amide bonds. The van der Waals surface area contributed by atoms with Crippen molar-refractivity contribution in [3.05, 3.63) is 35.6 Å². The zero-order valence-electron chi connectivity index (χ0n) is 9.79. The zero-order valence-corrected chi connectivity index (χ0v) is 9.79. The molecule has 90 valence electrons. The minimum Gasteiger partial charge on any atom is -0.330 e. The van der Waals surface area contributed by atoms with Crippen LogP contribution in [0.15, 0.2) is 24.3 Å². The summed E-state index contributed by atoms with van der Waals surface area (Å²) in [6.07, 6.45) is 4.27. The molecule has 1 rings (SSSR count). The summed E-state index contributed by atoms with van der Waals surface area (Å²) in [6, 6.07) is 6.38. The van der Waals surface area contributed by atoms with Gasteiger partial charge in [0.15, 0.2) is 0 Å². The Kier molecular flexibility index (Phi) is 9.52. The number of rotatable bonds is 5. The molecule has 16 heavy (non-hydrogen) atoms. The van der Waals surface area contributed by atoms with Crippen molar-refractivity contribution in [1.29, 1.82) is 0 Å². The third-order valence-electron chi connectivity index (χ3n) is 1.99. The van der Waals surface area contributed by atoms with Gasteiger partial charge < -0.3 is 10.5 Å². The van der Waals surface area contributed by atoms with E-state index in [9.17, 15) is 9.18 Å². The lowest BCUT2D eigenvalue weighted by molar-refractivity contribution is -0.107. The molecule has 0 saturated carbocycles. The van der Waals surface area contributed by atoms with Crippen molar-refractivity contribution in [2.24, 2.45) is 5.73 Å². The van der Waals surface area contributed by atoms with Gasteiger partial charge in [-0.3, -0.25) is 0 Å². The van der Waals surface area contributed by atoms with Crippen molar-refractivity contribution in [2.45, 2.75) is 32.6 Å². The van der Waals surface area contributed by atoms with Crippen molar-refractivity contribution in [3.8, 4) is 0 Å². The summed E-state index contributed by atoms with van der Waals surface area (Å²) in [4.78, 5) is 9.99. The Morgan fingerprint density at radius 3 is 2.31 bits per heavy atom. The molecule has 2 N–H and O–H groups in total. The molecule has 0 bridgehead atoms. The zero-order chi connectivity index (χ0) is 12.2. The van der Waals surface area contributed by atoms with E-state index in [2.05, 4.69) is 6.92 Å². The molecule has 1 aromatic rings. The van der Waals surface area contributed by atoms with Crippen LogP contribution in [0.1, 0.15) is 31.7 Å². The number of benzene rings is 1. The summed E-state index contributed by atoms with van der Waals surface area (Å²) < 4.78 is 12.4. The average Bonchev–Trinajstić information content (AvgIpc) is 2.32. The highest BCUT2D eigenvalue weighted by Gasteiger charge is 1.93. The Hall–Kier alpha value is -1.22. The fourth-order valence-electron chi connectivity index (χ4n) is 1.04. The largest absolute Gasteiger partial charge is 0.330 e. The summed E-state index contributed by atoms with van der Waals surface area (Å²) >= 11 is 0. The average molecular weight is 225 g/mol. The quantitative estimate of drug-likeness (QED) is 0.618. The summed E-state index contributed by atoms with van der Waals surface area (Å²) in [5.74, 6) is -0.214. The van der Waals surface area contributed by atoms with E-state index in [-0.39, 0.29) is 5.82 Å². The first-order chi connectivity index (χ1) is 7.74. The van der Waals surface area contributed by atoms with E-state index < -0.39 is 0 Å². The van der Waals surface area contributed by atoms with Crippen molar-refractivity contribution in [3.63, 3.8) is 0 Å². The third kappa shape index (κ3) is 8.12. The van der Waals surface area contributed by atoms with Crippen LogP contribution >= 0.6 is 0 Å². The van der Waals surface area contributed by atoms with E-state index in [4.69, 9.17) is 5.73 Å². The molecular formula is C13H20FNO. The van der Waals surface area contributed by atoms with Crippen LogP contribution in [0.3, 0.4) is 0 Å². The van der Waals surface area contributed by atoms with E-state index in [1.165, 1.54) is 12.1 Å². The third-order valence-corrected chi connectivity index (χ3v) is 1.99. The van der Waals surface area contributed by atoms with Crippen LogP contribution < -0.4 is 5.73 Å². The van der Waals surface area contributed by atoms with Gasteiger partial charge in [-0.25, -0.2) is 4.39 Å². The molecule has 0 atom stereocenters. The van der Waals surface area contributed by atoms with Crippen molar-refractivity contribution >= 4 is 6.29 Å². The molecule has 0 unspecified atom stereocenters. The van der Waals surface area contributed by atoms with Gasteiger partial charge in [0.05, 0.1) is 0 Å². The molecule has 0 radical (unpaired) electrons. The van der Waals surface area contributed by atoms with E-state index in [1.807, 2.05) is 0 Å². The van der Waals surface area contributed by atoms with E-state index in [0.717, 1.165) is 37.7 Å². The minimum absolute atomic E-state index is 0.214. The first-order valence-corrected chi connectivity index (χ1v) is 5.62. The maximum Gasteiger partial charge on any atom is 0.123 e. The summed E-state index contributed by atoms with van der Waals surface area (Å²) in [5.41, 5.74) is 6.11. The van der Waals surface area contributed by atoms with Crippen LogP contribution in [-0.4, -0.2) is 12.8 Å². The van der Waals surface area contributed by atoms with Gasteiger partial charge in [-0.15, -0.1) is 0 Å². The number of nitrogens with two attached hydrogens (primary N) is 1. The smallest absolute Gasteiger partial charge is 0.123 e. The van der Waals surface area contributed by atoms with E-state index >= 15 is 0 Å². The lowest BCUT2D eigenvalue weighted by atomic mass is 10.1. The molecule has 0 aliphatic rings. The molecule has 2 nitrogen and oxygen atoms in total.